The number of carbonyl (C=O) groups is 2. The first kappa shape index (κ1) is 16.1. The minimum Gasteiger partial charge on any atom is -0.481 e. The van der Waals surface area contributed by atoms with Gasteiger partial charge in [-0.25, -0.2) is 4.79 Å². The number of piperidine rings is 1. The summed E-state index contributed by atoms with van der Waals surface area (Å²) in [7, 11) is 0. The van der Waals surface area contributed by atoms with Crippen LogP contribution in [0.5, 0.6) is 5.75 Å². The van der Waals surface area contributed by atoms with Crippen LogP contribution in [-0.4, -0.2) is 41.8 Å². The molecule has 22 heavy (non-hydrogen) atoms. The number of carboxylic acid groups (broad SMARTS) is 1. The first-order valence-electron chi connectivity index (χ1n) is 7.58. The van der Waals surface area contributed by atoms with E-state index in [1.54, 1.807) is 4.90 Å². The van der Waals surface area contributed by atoms with Crippen LogP contribution >= 0.6 is 0 Å². The summed E-state index contributed by atoms with van der Waals surface area (Å²) >= 11 is 0. The topological polar surface area (TPSA) is 78.9 Å². The highest BCUT2D eigenvalue weighted by molar-refractivity contribution is 5.75. The normalized spacial score (nSPS) is 15.4. The van der Waals surface area contributed by atoms with Gasteiger partial charge in [-0.3, -0.25) is 4.79 Å². The van der Waals surface area contributed by atoms with Crippen molar-refractivity contribution >= 4 is 12.0 Å². The minimum absolute atomic E-state index is 0.106. The summed E-state index contributed by atoms with van der Waals surface area (Å²) in [5.74, 6) is -0.341. The van der Waals surface area contributed by atoms with Crippen molar-refractivity contribution < 1.29 is 19.4 Å². The van der Waals surface area contributed by atoms with Crippen molar-refractivity contribution in [2.75, 3.05) is 19.8 Å². The zero-order chi connectivity index (χ0) is 15.9. The number of para-hydroxylation sites is 1. The fourth-order valence-electron chi connectivity index (χ4n) is 2.55. The molecular weight excluding hydrogens is 284 g/mol. The molecular formula is C16H22N2O4. The molecule has 6 heteroatoms. The number of rotatable bonds is 5. The predicted octanol–water partition coefficient (Wildman–Crippen LogP) is 2.09. The van der Waals surface area contributed by atoms with Crippen LogP contribution in [0.1, 0.15) is 25.3 Å². The largest absolute Gasteiger partial charge is 0.481 e. The van der Waals surface area contributed by atoms with Gasteiger partial charge < -0.3 is 20.1 Å². The molecule has 1 aliphatic heterocycles. The van der Waals surface area contributed by atoms with E-state index in [-0.39, 0.29) is 18.7 Å². The quantitative estimate of drug-likeness (QED) is 0.817. The molecule has 2 rings (SSSR count). The van der Waals surface area contributed by atoms with Gasteiger partial charge in [-0.1, -0.05) is 25.1 Å². The smallest absolute Gasteiger partial charge is 0.320 e. The Kier molecular flexibility index (Phi) is 5.63. The molecule has 0 bridgehead atoms. The summed E-state index contributed by atoms with van der Waals surface area (Å²) in [5, 5.41) is 11.7. The summed E-state index contributed by atoms with van der Waals surface area (Å²) in [6, 6.07) is 7.51. The number of carboxylic acids is 1. The number of ether oxygens (including phenoxy) is 1. The number of urea groups is 1. The van der Waals surface area contributed by atoms with Crippen LogP contribution in [0.25, 0.3) is 0 Å². The summed E-state index contributed by atoms with van der Waals surface area (Å²) < 4.78 is 5.60. The molecule has 1 aromatic carbocycles. The fraction of sp³-hybridized carbons (Fsp3) is 0.500. The van der Waals surface area contributed by atoms with Gasteiger partial charge in [0.25, 0.3) is 0 Å². The molecule has 0 unspecified atom stereocenters. The van der Waals surface area contributed by atoms with Crippen LogP contribution in [-0.2, 0) is 11.2 Å². The van der Waals surface area contributed by atoms with Gasteiger partial charge in [0.05, 0.1) is 5.92 Å². The first-order valence-corrected chi connectivity index (χ1v) is 7.58. The van der Waals surface area contributed by atoms with Crippen molar-refractivity contribution in [3.63, 3.8) is 0 Å². The van der Waals surface area contributed by atoms with E-state index in [0.29, 0.717) is 25.9 Å². The Balaban J connectivity index is 1.75. The van der Waals surface area contributed by atoms with E-state index in [4.69, 9.17) is 9.84 Å². The molecule has 1 aromatic rings. The Hall–Kier alpha value is -2.24. The zero-order valence-corrected chi connectivity index (χ0v) is 12.7. The van der Waals surface area contributed by atoms with Crippen LogP contribution in [0.4, 0.5) is 4.79 Å². The van der Waals surface area contributed by atoms with E-state index < -0.39 is 5.97 Å². The molecule has 0 atom stereocenters. The third-order valence-corrected chi connectivity index (χ3v) is 3.94. The molecule has 1 saturated heterocycles. The molecule has 0 aromatic heterocycles. The fourth-order valence-corrected chi connectivity index (χ4v) is 2.55. The maximum Gasteiger partial charge on any atom is 0.320 e. The Labute approximate surface area is 130 Å². The number of nitrogens with one attached hydrogen (secondary N) is 1. The zero-order valence-electron chi connectivity index (χ0n) is 12.7. The van der Waals surface area contributed by atoms with Crippen LogP contribution in [0.2, 0.25) is 0 Å². The van der Waals surface area contributed by atoms with E-state index in [9.17, 15) is 9.59 Å². The van der Waals surface area contributed by atoms with E-state index in [2.05, 4.69) is 5.32 Å². The van der Waals surface area contributed by atoms with Crippen LogP contribution in [0, 0.1) is 5.92 Å². The third kappa shape index (κ3) is 4.13. The lowest BCUT2D eigenvalue weighted by molar-refractivity contribution is -0.143. The first-order chi connectivity index (χ1) is 10.6. The molecule has 120 valence electrons. The molecule has 0 spiro atoms. The number of benzene rings is 1. The number of carbonyl (C=O) groups excluding carboxylic acids is 1. The van der Waals surface area contributed by atoms with Crippen molar-refractivity contribution in [3.8, 4) is 5.75 Å². The lowest BCUT2D eigenvalue weighted by Gasteiger charge is -2.30. The number of hydrogen-bond donors (Lipinski definition) is 2. The van der Waals surface area contributed by atoms with E-state index >= 15 is 0 Å². The lowest BCUT2D eigenvalue weighted by atomic mass is 9.97. The number of aryl methyl sites for hydroxylation is 1. The lowest BCUT2D eigenvalue weighted by Crippen LogP contribution is -2.46. The molecule has 2 amide bonds. The van der Waals surface area contributed by atoms with Crippen molar-refractivity contribution in [1.29, 1.82) is 0 Å². The Morgan fingerprint density at radius 1 is 1.32 bits per heavy atom. The summed E-state index contributed by atoms with van der Waals surface area (Å²) in [6.45, 7) is 3.09. The predicted molar refractivity (Wildman–Crippen MR) is 81.8 cm³/mol. The molecule has 2 N–H and O–H groups in total. The molecule has 0 aliphatic carbocycles. The van der Waals surface area contributed by atoms with Gasteiger partial charge in [-0.05, 0) is 30.9 Å². The minimum atomic E-state index is -0.778. The molecule has 1 heterocycles. The third-order valence-electron chi connectivity index (χ3n) is 3.94. The summed E-state index contributed by atoms with van der Waals surface area (Å²) in [5.41, 5.74) is 1.10. The molecule has 0 saturated carbocycles. The van der Waals surface area contributed by atoms with Gasteiger partial charge in [0.1, 0.15) is 5.75 Å². The van der Waals surface area contributed by atoms with Gasteiger partial charge in [0, 0.05) is 13.1 Å². The van der Waals surface area contributed by atoms with E-state index in [1.807, 2.05) is 31.2 Å². The van der Waals surface area contributed by atoms with Crippen molar-refractivity contribution in [3.05, 3.63) is 29.8 Å². The van der Waals surface area contributed by atoms with Gasteiger partial charge in [-0.15, -0.1) is 0 Å². The Morgan fingerprint density at radius 3 is 2.64 bits per heavy atom. The van der Waals surface area contributed by atoms with Crippen LogP contribution < -0.4 is 10.1 Å². The van der Waals surface area contributed by atoms with Gasteiger partial charge in [-0.2, -0.15) is 0 Å². The summed E-state index contributed by atoms with van der Waals surface area (Å²) in [6.07, 6.45) is 1.87. The van der Waals surface area contributed by atoms with Crippen LogP contribution in [0.15, 0.2) is 24.3 Å². The standard InChI is InChI=1S/C16H22N2O4/c1-2-12-5-3-4-6-14(12)22-11-17-16(21)18-9-7-13(8-10-18)15(19)20/h3-6,13H,2,7-11H2,1H3,(H,17,21)(H,19,20). The number of hydrogen-bond acceptors (Lipinski definition) is 3. The SMILES string of the molecule is CCc1ccccc1OCNC(=O)N1CCC(C(=O)O)CC1. The molecule has 1 aliphatic rings. The van der Waals surface area contributed by atoms with Crippen molar-refractivity contribution in [2.45, 2.75) is 26.2 Å². The average molecular weight is 306 g/mol. The molecule has 6 nitrogen and oxygen atoms in total. The van der Waals surface area contributed by atoms with Gasteiger partial charge in [0.15, 0.2) is 6.73 Å². The number of aliphatic carboxylic acids is 1. The molecule has 0 radical (unpaired) electrons. The van der Waals surface area contributed by atoms with Crippen LogP contribution in [0.3, 0.4) is 0 Å². The highest BCUT2D eigenvalue weighted by atomic mass is 16.5. The average Bonchev–Trinajstić information content (AvgIpc) is 2.55. The number of likely N-dealkylation sites (tertiary alicyclic amines) is 1. The highest BCUT2D eigenvalue weighted by Gasteiger charge is 2.26. The number of nitrogens with zero attached hydrogens (tertiary/aromatic N) is 1. The van der Waals surface area contributed by atoms with Crippen molar-refractivity contribution in [1.82, 2.24) is 10.2 Å². The van der Waals surface area contributed by atoms with Crippen molar-refractivity contribution in [2.24, 2.45) is 5.92 Å². The Morgan fingerprint density at radius 2 is 2.00 bits per heavy atom. The monoisotopic (exact) mass is 306 g/mol. The maximum absolute atomic E-state index is 12.0. The highest BCUT2D eigenvalue weighted by Crippen LogP contribution is 2.18. The van der Waals surface area contributed by atoms with E-state index in [0.717, 1.165) is 17.7 Å². The second-order valence-corrected chi connectivity index (χ2v) is 5.33. The van der Waals surface area contributed by atoms with Gasteiger partial charge in [0.2, 0.25) is 0 Å². The second kappa shape index (κ2) is 7.68. The summed E-state index contributed by atoms with van der Waals surface area (Å²) in [4.78, 5) is 24.5. The van der Waals surface area contributed by atoms with E-state index in [1.165, 1.54) is 0 Å². The molecule has 1 fully saturated rings. The second-order valence-electron chi connectivity index (χ2n) is 5.33. The maximum atomic E-state index is 12.0. The van der Waals surface area contributed by atoms with Gasteiger partial charge >= 0.3 is 12.0 Å². The number of amides is 2. The Bertz CT molecular complexity index is 525.